The third-order valence-electron chi connectivity index (χ3n) is 3.47. The van der Waals surface area contributed by atoms with Crippen LogP contribution in [0, 0.1) is 0 Å². The zero-order chi connectivity index (χ0) is 15.2. The van der Waals surface area contributed by atoms with Crippen molar-refractivity contribution in [2.75, 3.05) is 21.1 Å². The van der Waals surface area contributed by atoms with Crippen molar-refractivity contribution in [2.24, 2.45) is 0 Å². The second kappa shape index (κ2) is 4.52. The second-order valence-corrected chi connectivity index (χ2v) is 8.38. The molecule has 0 aliphatic heterocycles. The summed E-state index contributed by atoms with van der Waals surface area (Å²) in [6.07, 6.45) is 0. The minimum atomic E-state index is -0.123. The van der Waals surface area contributed by atoms with E-state index in [-0.39, 0.29) is 16.6 Å². The van der Waals surface area contributed by atoms with E-state index in [1.807, 2.05) is 0 Å². The molecule has 0 aliphatic carbocycles. The Morgan fingerprint density at radius 1 is 0.842 bits per heavy atom. The predicted molar refractivity (Wildman–Crippen MR) is 82.9 cm³/mol. The Morgan fingerprint density at radius 3 is 1.63 bits per heavy atom. The number of quaternary nitrogens is 1. The van der Waals surface area contributed by atoms with Crippen LogP contribution in [0.4, 0.5) is 5.69 Å². The highest BCUT2D eigenvalue weighted by Gasteiger charge is 2.26. The molecule has 0 bridgehead atoms. The van der Waals surface area contributed by atoms with Crippen molar-refractivity contribution in [1.82, 2.24) is 4.48 Å². The van der Waals surface area contributed by atoms with Gasteiger partial charge >= 0.3 is 0 Å². The number of nitrogens with zero attached hydrogens (tertiary/aromatic N) is 1. The lowest BCUT2D eigenvalue weighted by Gasteiger charge is -2.35. The van der Waals surface area contributed by atoms with Crippen LogP contribution in [0.25, 0.3) is 0 Å². The summed E-state index contributed by atoms with van der Waals surface area (Å²) in [4.78, 5) is 0. The molecule has 0 radical (unpaired) electrons. The average Bonchev–Trinajstić information content (AvgIpc) is 2.11. The maximum atomic E-state index is 12.7. The largest absolute Gasteiger partial charge is 0.868 e. The first kappa shape index (κ1) is 16.0. The van der Waals surface area contributed by atoms with E-state index >= 15 is 0 Å². The molecule has 108 valence electrons. The molecule has 0 atom stereocenters. The molecule has 1 aromatic rings. The lowest BCUT2D eigenvalue weighted by Crippen LogP contribution is -2.36. The zero-order valence-electron chi connectivity index (χ0n) is 14.0. The van der Waals surface area contributed by atoms with Gasteiger partial charge in [-0.2, -0.15) is 0 Å². The predicted octanol–water partition coefficient (Wildman–Crippen LogP) is 3.55. The minimum absolute atomic E-state index is 0.0532. The Kier molecular flexibility index (Phi) is 3.81. The summed E-state index contributed by atoms with van der Waals surface area (Å²) >= 11 is 0. The molecule has 0 aliphatic rings. The van der Waals surface area contributed by atoms with Crippen molar-refractivity contribution in [3.63, 3.8) is 0 Å². The maximum Gasteiger partial charge on any atom is 0.124 e. The molecule has 0 fully saturated rings. The van der Waals surface area contributed by atoms with Crippen LogP contribution in [0.1, 0.15) is 52.7 Å². The van der Waals surface area contributed by atoms with E-state index < -0.39 is 0 Å². The Labute approximate surface area is 118 Å². The summed E-state index contributed by atoms with van der Waals surface area (Å²) in [5.41, 5.74) is 2.96. The van der Waals surface area contributed by atoms with Gasteiger partial charge in [0.15, 0.2) is 0 Å². The van der Waals surface area contributed by atoms with Gasteiger partial charge in [-0.15, -0.1) is 0 Å². The van der Waals surface area contributed by atoms with Crippen LogP contribution < -0.4 is 9.59 Å². The molecule has 19 heavy (non-hydrogen) atoms. The van der Waals surface area contributed by atoms with Crippen molar-refractivity contribution in [2.45, 2.75) is 52.4 Å². The molecule has 0 spiro atoms. The summed E-state index contributed by atoms with van der Waals surface area (Å²) < 4.78 is 0.561. The smallest absolute Gasteiger partial charge is 0.124 e. The second-order valence-electron chi connectivity index (χ2n) is 8.38. The fraction of sp³-hybridized carbons (Fsp3) is 0.647. The molecule has 1 rings (SSSR count). The van der Waals surface area contributed by atoms with Crippen LogP contribution in [0.3, 0.4) is 0 Å². The minimum Gasteiger partial charge on any atom is -0.868 e. The Balaban J connectivity index is 3.68. The molecule has 1 aromatic carbocycles. The number of rotatable bonds is 1. The summed E-state index contributed by atoms with van der Waals surface area (Å²) in [7, 11) is 6.15. The molecule has 2 heteroatoms. The third-order valence-corrected chi connectivity index (χ3v) is 3.47. The van der Waals surface area contributed by atoms with Gasteiger partial charge in [-0.25, -0.2) is 0 Å². The highest BCUT2D eigenvalue weighted by atomic mass is 16.3. The van der Waals surface area contributed by atoms with Crippen molar-refractivity contribution in [1.29, 1.82) is 0 Å². The zero-order valence-corrected chi connectivity index (χ0v) is 14.0. The average molecular weight is 263 g/mol. The van der Waals surface area contributed by atoms with E-state index in [1.165, 1.54) is 5.56 Å². The molecule has 0 amide bonds. The summed E-state index contributed by atoms with van der Waals surface area (Å²) in [5, 5.41) is 12.7. The first-order valence-corrected chi connectivity index (χ1v) is 6.92. The highest BCUT2D eigenvalue weighted by molar-refractivity contribution is 5.61. The fourth-order valence-electron chi connectivity index (χ4n) is 2.10. The molecule has 0 saturated carbocycles. The van der Waals surface area contributed by atoms with Gasteiger partial charge in [0.05, 0.1) is 21.1 Å². The topological polar surface area (TPSA) is 23.1 Å². The Morgan fingerprint density at radius 2 is 1.32 bits per heavy atom. The molecule has 0 saturated heterocycles. The van der Waals surface area contributed by atoms with E-state index in [9.17, 15) is 5.11 Å². The van der Waals surface area contributed by atoms with Gasteiger partial charge < -0.3 is 5.11 Å². The molecule has 0 heterocycles. The van der Waals surface area contributed by atoms with E-state index in [1.54, 1.807) is 0 Å². The van der Waals surface area contributed by atoms with Gasteiger partial charge in [-0.3, -0.25) is 4.48 Å². The van der Waals surface area contributed by atoms with Crippen molar-refractivity contribution in [3.8, 4) is 5.75 Å². The summed E-state index contributed by atoms with van der Waals surface area (Å²) in [6, 6.07) is 4.18. The van der Waals surface area contributed by atoms with Crippen LogP contribution in [0.5, 0.6) is 5.75 Å². The number of hydrogen-bond acceptors (Lipinski definition) is 1. The molecular formula is C17H29NO. The van der Waals surface area contributed by atoms with Crippen LogP contribution >= 0.6 is 0 Å². The first-order chi connectivity index (χ1) is 8.24. The molecule has 0 N–H and O–H groups in total. The normalized spacial score (nSPS) is 13.7. The van der Waals surface area contributed by atoms with Gasteiger partial charge in [0, 0.05) is 6.07 Å². The van der Waals surface area contributed by atoms with Gasteiger partial charge in [-0.05, 0) is 27.7 Å². The lowest BCUT2D eigenvalue weighted by molar-refractivity contribution is -0.270. The van der Waals surface area contributed by atoms with E-state index in [0.717, 1.165) is 11.3 Å². The quantitative estimate of drug-likeness (QED) is 0.711. The summed E-state index contributed by atoms with van der Waals surface area (Å²) in [5.74, 6) is 0.188. The standard InChI is InChI=1S/C17H29NO/c1-16(2,3)12-10-13(17(4,5)6)15(19)14(11-12)18(7,8)9/h10-11H,1-9H3. The van der Waals surface area contributed by atoms with Crippen molar-refractivity contribution < 1.29 is 5.11 Å². The van der Waals surface area contributed by atoms with Gasteiger partial charge in [0.1, 0.15) is 5.69 Å². The van der Waals surface area contributed by atoms with Gasteiger partial charge in [0.25, 0.3) is 0 Å². The highest BCUT2D eigenvalue weighted by Crippen LogP contribution is 2.40. The number of hydrogen-bond donors (Lipinski definition) is 0. The monoisotopic (exact) mass is 263 g/mol. The van der Waals surface area contributed by atoms with E-state index in [0.29, 0.717) is 4.48 Å². The molecule has 0 aromatic heterocycles. The Hall–Kier alpha value is -1.02. The number of benzene rings is 1. The Bertz CT molecular complexity index is 433. The van der Waals surface area contributed by atoms with Crippen LogP contribution in [0.2, 0.25) is 0 Å². The van der Waals surface area contributed by atoms with Gasteiger partial charge in [-0.1, -0.05) is 47.6 Å². The van der Waals surface area contributed by atoms with E-state index in [2.05, 4.69) is 74.8 Å². The van der Waals surface area contributed by atoms with Gasteiger partial charge in [0.2, 0.25) is 0 Å². The first-order valence-electron chi connectivity index (χ1n) is 6.92. The van der Waals surface area contributed by atoms with Crippen molar-refractivity contribution >= 4 is 5.69 Å². The van der Waals surface area contributed by atoms with Crippen molar-refractivity contribution in [3.05, 3.63) is 23.3 Å². The lowest BCUT2D eigenvalue weighted by atomic mass is 9.79. The summed E-state index contributed by atoms with van der Waals surface area (Å²) in [6.45, 7) is 12.9. The molecule has 0 unspecified atom stereocenters. The SMILES string of the molecule is CC(C)(C)c1cc(C(C)(C)C)c([O-])c([N+](C)(C)C)c1. The van der Waals surface area contributed by atoms with Crippen LogP contribution in [-0.4, -0.2) is 21.1 Å². The van der Waals surface area contributed by atoms with Crippen LogP contribution in [-0.2, 0) is 10.8 Å². The maximum absolute atomic E-state index is 12.7. The third kappa shape index (κ3) is 3.50. The van der Waals surface area contributed by atoms with E-state index in [4.69, 9.17) is 0 Å². The molecule has 2 nitrogen and oxygen atoms in total. The fourth-order valence-corrected chi connectivity index (χ4v) is 2.10. The molecular weight excluding hydrogens is 234 g/mol. The van der Waals surface area contributed by atoms with Crippen LogP contribution in [0.15, 0.2) is 12.1 Å².